The smallest absolute Gasteiger partial charge is 0.313 e. The topological polar surface area (TPSA) is 76.1 Å². The van der Waals surface area contributed by atoms with E-state index in [1.807, 2.05) is 24.3 Å². The summed E-state index contributed by atoms with van der Waals surface area (Å²) in [6.45, 7) is 0.819. The van der Waals surface area contributed by atoms with E-state index in [-0.39, 0.29) is 19.1 Å². The highest BCUT2D eigenvalue weighted by molar-refractivity contribution is 5.81. The molecule has 0 aliphatic carbocycles. The lowest BCUT2D eigenvalue weighted by molar-refractivity contribution is -0.151. The molecule has 6 nitrogen and oxygen atoms in total. The zero-order valence-electron chi connectivity index (χ0n) is 13.6. The van der Waals surface area contributed by atoms with Crippen molar-refractivity contribution >= 4 is 11.9 Å². The van der Waals surface area contributed by atoms with Crippen LogP contribution in [0.3, 0.4) is 0 Å². The molecule has 1 fully saturated rings. The Hall–Kier alpha value is -2.08. The van der Waals surface area contributed by atoms with Gasteiger partial charge in [0.15, 0.2) is 0 Å². The van der Waals surface area contributed by atoms with Crippen LogP contribution < -0.4 is 4.74 Å². The van der Waals surface area contributed by atoms with E-state index in [9.17, 15) is 14.7 Å². The molecule has 0 bridgehead atoms. The van der Waals surface area contributed by atoms with Crippen molar-refractivity contribution in [3.05, 3.63) is 29.8 Å². The molecule has 1 amide bonds. The quantitative estimate of drug-likeness (QED) is 0.825. The van der Waals surface area contributed by atoms with Gasteiger partial charge in [-0.2, -0.15) is 0 Å². The molecule has 1 aromatic carbocycles. The maximum atomic E-state index is 12.3. The minimum absolute atomic E-state index is 0.0138. The maximum Gasteiger partial charge on any atom is 0.313 e. The van der Waals surface area contributed by atoms with E-state index in [2.05, 4.69) is 0 Å². The number of carboxylic acid groups (broad SMARTS) is 1. The number of methoxy groups -OCH3 is 2. The third kappa shape index (κ3) is 4.01. The first-order valence-corrected chi connectivity index (χ1v) is 7.64. The Labute approximate surface area is 136 Å². The molecule has 1 aromatic rings. The largest absolute Gasteiger partial charge is 0.497 e. The standard InChI is InChI=1S/C17H23NO5/c1-22-12-17(16(20)21)9-10-18(11-17)15(19)8-5-13-3-6-14(23-2)7-4-13/h3-4,6-7H,5,8-12H2,1-2H3,(H,20,21). The van der Waals surface area contributed by atoms with Crippen LogP contribution in [0.25, 0.3) is 0 Å². The second kappa shape index (κ2) is 7.46. The Bertz CT molecular complexity index is 557. The van der Waals surface area contributed by atoms with Crippen LogP contribution in [0.15, 0.2) is 24.3 Å². The number of amides is 1. The molecule has 1 unspecified atom stereocenters. The Balaban J connectivity index is 1.90. The van der Waals surface area contributed by atoms with Crippen LogP contribution in [-0.4, -0.2) is 55.8 Å². The number of likely N-dealkylation sites (tertiary alicyclic amines) is 1. The van der Waals surface area contributed by atoms with Crippen LogP contribution in [0, 0.1) is 5.41 Å². The van der Waals surface area contributed by atoms with Gasteiger partial charge in [-0.1, -0.05) is 12.1 Å². The molecule has 1 saturated heterocycles. The van der Waals surface area contributed by atoms with Crippen LogP contribution >= 0.6 is 0 Å². The molecular weight excluding hydrogens is 298 g/mol. The highest BCUT2D eigenvalue weighted by atomic mass is 16.5. The highest BCUT2D eigenvalue weighted by Crippen LogP contribution is 2.31. The van der Waals surface area contributed by atoms with Crippen molar-refractivity contribution in [3.63, 3.8) is 0 Å². The number of ether oxygens (including phenoxy) is 2. The second-order valence-electron chi connectivity index (χ2n) is 5.93. The van der Waals surface area contributed by atoms with Gasteiger partial charge in [0.2, 0.25) is 5.91 Å². The number of hydrogen-bond acceptors (Lipinski definition) is 4. The average Bonchev–Trinajstić information content (AvgIpc) is 2.99. The zero-order chi connectivity index (χ0) is 16.9. The molecule has 0 saturated carbocycles. The van der Waals surface area contributed by atoms with Gasteiger partial charge in [-0.25, -0.2) is 0 Å². The van der Waals surface area contributed by atoms with E-state index in [1.165, 1.54) is 7.11 Å². The molecule has 1 atom stereocenters. The summed E-state index contributed by atoms with van der Waals surface area (Å²) in [5, 5.41) is 9.42. The van der Waals surface area contributed by atoms with Crippen molar-refractivity contribution in [1.29, 1.82) is 0 Å². The Morgan fingerprint density at radius 1 is 1.26 bits per heavy atom. The van der Waals surface area contributed by atoms with Crippen molar-refractivity contribution in [2.24, 2.45) is 5.41 Å². The molecule has 1 aliphatic rings. The monoisotopic (exact) mass is 321 g/mol. The van der Waals surface area contributed by atoms with Crippen LogP contribution in [-0.2, 0) is 20.7 Å². The first kappa shape index (κ1) is 17.3. The number of nitrogens with zero attached hydrogens (tertiary/aromatic N) is 1. The summed E-state index contributed by atoms with van der Waals surface area (Å²) in [6.07, 6.45) is 1.43. The predicted molar refractivity (Wildman–Crippen MR) is 84.5 cm³/mol. The zero-order valence-corrected chi connectivity index (χ0v) is 13.6. The Morgan fingerprint density at radius 3 is 2.52 bits per heavy atom. The fourth-order valence-corrected chi connectivity index (χ4v) is 2.92. The number of carbonyl (C=O) groups is 2. The molecule has 0 radical (unpaired) electrons. The van der Waals surface area contributed by atoms with Gasteiger partial charge < -0.3 is 19.5 Å². The van der Waals surface area contributed by atoms with E-state index in [4.69, 9.17) is 9.47 Å². The van der Waals surface area contributed by atoms with Crippen molar-refractivity contribution in [2.45, 2.75) is 19.3 Å². The van der Waals surface area contributed by atoms with Gasteiger partial charge in [-0.3, -0.25) is 9.59 Å². The van der Waals surface area contributed by atoms with Crippen molar-refractivity contribution in [1.82, 2.24) is 4.90 Å². The third-order valence-corrected chi connectivity index (χ3v) is 4.37. The fourth-order valence-electron chi connectivity index (χ4n) is 2.92. The summed E-state index contributed by atoms with van der Waals surface area (Å²) >= 11 is 0. The minimum atomic E-state index is -0.968. The summed E-state index contributed by atoms with van der Waals surface area (Å²) in [5.41, 5.74) is 0.0876. The molecule has 1 heterocycles. The number of aryl methyl sites for hydroxylation is 1. The fraction of sp³-hybridized carbons (Fsp3) is 0.529. The summed E-state index contributed by atoms with van der Waals surface area (Å²) < 4.78 is 10.1. The molecule has 0 spiro atoms. The lowest BCUT2D eigenvalue weighted by atomic mass is 9.88. The summed E-state index contributed by atoms with van der Waals surface area (Å²) in [7, 11) is 3.10. The summed E-state index contributed by atoms with van der Waals surface area (Å²) in [5.74, 6) is -0.129. The van der Waals surface area contributed by atoms with Gasteiger partial charge >= 0.3 is 5.97 Å². The van der Waals surface area contributed by atoms with Crippen molar-refractivity contribution < 1.29 is 24.2 Å². The number of carboxylic acids is 1. The number of rotatable bonds is 7. The molecule has 1 aliphatic heterocycles. The van der Waals surface area contributed by atoms with E-state index in [0.29, 0.717) is 25.8 Å². The first-order chi connectivity index (χ1) is 11.0. The van der Waals surface area contributed by atoms with Gasteiger partial charge in [-0.05, 0) is 30.5 Å². The van der Waals surface area contributed by atoms with Gasteiger partial charge in [0.25, 0.3) is 0 Å². The molecule has 6 heteroatoms. The van der Waals surface area contributed by atoms with Crippen LogP contribution in [0.5, 0.6) is 5.75 Å². The van der Waals surface area contributed by atoms with Gasteiger partial charge in [0, 0.05) is 26.6 Å². The maximum absolute atomic E-state index is 12.3. The normalized spacial score (nSPS) is 20.5. The number of carbonyl (C=O) groups excluding carboxylic acids is 1. The lowest BCUT2D eigenvalue weighted by Gasteiger charge is -2.23. The summed E-state index contributed by atoms with van der Waals surface area (Å²) in [6, 6.07) is 7.60. The van der Waals surface area contributed by atoms with E-state index in [1.54, 1.807) is 12.0 Å². The molecule has 1 N–H and O–H groups in total. The average molecular weight is 321 g/mol. The van der Waals surface area contributed by atoms with Crippen LogP contribution in [0.4, 0.5) is 0 Å². The first-order valence-electron chi connectivity index (χ1n) is 7.64. The SMILES string of the molecule is COCC1(C(=O)O)CCN(C(=O)CCc2ccc(OC)cc2)C1. The third-order valence-electron chi connectivity index (χ3n) is 4.37. The van der Waals surface area contributed by atoms with E-state index >= 15 is 0 Å². The van der Waals surface area contributed by atoms with Crippen molar-refractivity contribution in [3.8, 4) is 5.75 Å². The summed E-state index contributed by atoms with van der Waals surface area (Å²) in [4.78, 5) is 25.5. The second-order valence-corrected chi connectivity index (χ2v) is 5.93. The van der Waals surface area contributed by atoms with Crippen LogP contribution in [0.2, 0.25) is 0 Å². The van der Waals surface area contributed by atoms with Gasteiger partial charge in [0.05, 0.1) is 13.7 Å². The molecule has 23 heavy (non-hydrogen) atoms. The van der Waals surface area contributed by atoms with E-state index in [0.717, 1.165) is 11.3 Å². The number of benzene rings is 1. The number of hydrogen-bond donors (Lipinski definition) is 1. The molecule has 2 rings (SSSR count). The van der Waals surface area contributed by atoms with Gasteiger partial charge in [-0.15, -0.1) is 0 Å². The Kier molecular flexibility index (Phi) is 5.60. The highest BCUT2D eigenvalue weighted by Gasteiger charge is 2.46. The molecule has 0 aromatic heterocycles. The molecule has 126 valence electrons. The predicted octanol–water partition coefficient (Wildman–Crippen LogP) is 1.58. The van der Waals surface area contributed by atoms with Gasteiger partial charge in [0.1, 0.15) is 11.2 Å². The van der Waals surface area contributed by atoms with E-state index < -0.39 is 11.4 Å². The van der Waals surface area contributed by atoms with Crippen LogP contribution in [0.1, 0.15) is 18.4 Å². The number of aliphatic carboxylic acids is 1. The minimum Gasteiger partial charge on any atom is -0.497 e. The Morgan fingerprint density at radius 2 is 1.96 bits per heavy atom. The van der Waals surface area contributed by atoms with Crippen molar-refractivity contribution in [2.75, 3.05) is 33.9 Å². The molecular formula is C17H23NO5. The lowest BCUT2D eigenvalue weighted by Crippen LogP contribution is -2.40.